The summed E-state index contributed by atoms with van der Waals surface area (Å²) in [5, 5.41) is 13.3. The summed E-state index contributed by atoms with van der Waals surface area (Å²) in [5.74, 6) is -2.84. The Morgan fingerprint density at radius 1 is 1.16 bits per heavy atom. The van der Waals surface area contributed by atoms with E-state index >= 15 is 0 Å². The van der Waals surface area contributed by atoms with Gasteiger partial charge < -0.3 is 10.0 Å². The monoisotopic (exact) mass is 465 g/mol. The summed E-state index contributed by atoms with van der Waals surface area (Å²) in [5.41, 5.74) is -1.80. The fourth-order valence-corrected chi connectivity index (χ4v) is 3.86. The van der Waals surface area contributed by atoms with Gasteiger partial charge in [-0.15, -0.1) is 0 Å². The molecule has 2 aliphatic heterocycles. The molecule has 0 spiro atoms. The van der Waals surface area contributed by atoms with Gasteiger partial charge >= 0.3 is 18.0 Å². The molecular formula is C18H17F6N5O3. The van der Waals surface area contributed by atoms with Crippen LogP contribution in [0.15, 0.2) is 23.1 Å². The Morgan fingerprint density at radius 3 is 2.38 bits per heavy atom. The first kappa shape index (κ1) is 22.3. The highest BCUT2D eigenvalue weighted by Crippen LogP contribution is 2.39. The number of carbonyl (C=O) groups excluding carboxylic acids is 1. The van der Waals surface area contributed by atoms with Crippen LogP contribution < -0.4 is 5.69 Å². The molecule has 0 saturated carbocycles. The Balaban J connectivity index is 1.65. The van der Waals surface area contributed by atoms with E-state index in [0.717, 1.165) is 27.6 Å². The molecule has 8 nitrogen and oxygen atoms in total. The van der Waals surface area contributed by atoms with E-state index in [-0.39, 0.29) is 31.0 Å². The maximum absolute atomic E-state index is 13.4. The maximum Gasteiger partial charge on any atom is 0.433 e. The first-order chi connectivity index (χ1) is 14.8. The summed E-state index contributed by atoms with van der Waals surface area (Å²) < 4.78 is 80.0. The number of rotatable bonds is 3. The van der Waals surface area contributed by atoms with E-state index in [1.54, 1.807) is 0 Å². The lowest BCUT2D eigenvalue weighted by Gasteiger charge is -2.40. The van der Waals surface area contributed by atoms with Crippen LogP contribution in [-0.2, 0) is 23.9 Å². The first-order valence-electron chi connectivity index (χ1n) is 9.58. The number of halogens is 6. The van der Waals surface area contributed by atoms with Crippen molar-refractivity contribution in [1.29, 1.82) is 0 Å². The highest BCUT2D eigenvalue weighted by molar-refractivity contribution is 5.81. The summed E-state index contributed by atoms with van der Waals surface area (Å²) in [7, 11) is 0. The lowest BCUT2D eigenvalue weighted by Crippen LogP contribution is -2.57. The Morgan fingerprint density at radius 2 is 1.84 bits per heavy atom. The summed E-state index contributed by atoms with van der Waals surface area (Å²) >= 11 is 0. The Bertz CT molecular complexity index is 1070. The van der Waals surface area contributed by atoms with Gasteiger partial charge in [-0.1, -0.05) is 6.07 Å². The topological polar surface area (TPSA) is 93.2 Å². The smallest absolute Gasteiger partial charge is 0.389 e. The minimum absolute atomic E-state index is 0.0402. The highest BCUT2D eigenvalue weighted by atomic mass is 19.4. The predicted molar refractivity (Wildman–Crippen MR) is 94.3 cm³/mol. The Kier molecular flexibility index (Phi) is 5.30. The van der Waals surface area contributed by atoms with Crippen molar-refractivity contribution >= 4 is 5.91 Å². The van der Waals surface area contributed by atoms with Crippen molar-refractivity contribution in [2.24, 2.45) is 5.92 Å². The summed E-state index contributed by atoms with van der Waals surface area (Å²) in [6, 6.07) is 0.366. The number of aromatic nitrogens is 4. The number of aliphatic hydroxyl groups is 1. The van der Waals surface area contributed by atoms with Crippen LogP contribution in [0.4, 0.5) is 26.3 Å². The van der Waals surface area contributed by atoms with Crippen LogP contribution in [0.1, 0.15) is 29.5 Å². The third-order valence-corrected chi connectivity index (χ3v) is 5.56. The number of hydrogen-bond acceptors (Lipinski definition) is 5. The minimum atomic E-state index is -4.65. The van der Waals surface area contributed by atoms with Gasteiger partial charge in [0, 0.05) is 25.7 Å². The molecule has 4 rings (SSSR count). The molecule has 2 aromatic heterocycles. The molecular weight excluding hydrogens is 448 g/mol. The molecule has 2 aromatic rings. The predicted octanol–water partition coefficient (Wildman–Crippen LogP) is 1.38. The number of alkyl halides is 6. The number of likely N-dealkylation sites (tertiary alicyclic amines) is 1. The number of amides is 1. The fourth-order valence-electron chi connectivity index (χ4n) is 3.86. The van der Waals surface area contributed by atoms with Gasteiger partial charge in [-0.25, -0.2) is 9.48 Å². The van der Waals surface area contributed by atoms with E-state index in [2.05, 4.69) is 10.1 Å². The van der Waals surface area contributed by atoms with Gasteiger partial charge in [0.15, 0.2) is 0 Å². The average Bonchev–Trinajstić information content (AvgIpc) is 2.99. The van der Waals surface area contributed by atoms with Gasteiger partial charge in [-0.2, -0.15) is 31.4 Å². The van der Waals surface area contributed by atoms with Crippen LogP contribution in [-0.4, -0.2) is 60.6 Å². The van der Waals surface area contributed by atoms with Gasteiger partial charge in [0.05, 0.1) is 18.6 Å². The van der Waals surface area contributed by atoms with Crippen molar-refractivity contribution in [2.75, 3.05) is 13.1 Å². The molecule has 2 aliphatic rings. The molecule has 2 atom stereocenters. The van der Waals surface area contributed by atoms with Gasteiger partial charge in [0.2, 0.25) is 5.91 Å². The van der Waals surface area contributed by atoms with E-state index in [1.165, 1.54) is 4.90 Å². The third-order valence-electron chi connectivity index (χ3n) is 5.56. The van der Waals surface area contributed by atoms with Crippen LogP contribution in [0.3, 0.4) is 0 Å². The van der Waals surface area contributed by atoms with Crippen molar-refractivity contribution in [3.8, 4) is 0 Å². The lowest BCUT2D eigenvalue weighted by molar-refractivity contribution is -0.184. The number of pyridine rings is 1. The summed E-state index contributed by atoms with van der Waals surface area (Å²) in [4.78, 5) is 30.1. The van der Waals surface area contributed by atoms with Gasteiger partial charge in [0.25, 0.3) is 0 Å². The van der Waals surface area contributed by atoms with Crippen molar-refractivity contribution in [3.63, 3.8) is 0 Å². The molecule has 1 fully saturated rings. The zero-order chi connectivity index (χ0) is 23.4. The van der Waals surface area contributed by atoms with E-state index in [4.69, 9.17) is 0 Å². The van der Waals surface area contributed by atoms with E-state index in [1.807, 2.05) is 0 Å². The molecule has 1 N–H and O–H groups in total. The minimum Gasteiger partial charge on any atom is -0.389 e. The molecule has 0 aromatic carbocycles. The number of aliphatic hydroxyl groups excluding tert-OH is 1. The summed E-state index contributed by atoms with van der Waals surface area (Å²) in [6.07, 6.45) is -10.4. The Labute approximate surface area is 176 Å². The second-order valence-electron chi connectivity index (χ2n) is 7.87. The maximum atomic E-state index is 13.4. The number of carbonyl (C=O) groups is 1. The molecule has 1 amide bonds. The van der Waals surface area contributed by atoms with Crippen molar-refractivity contribution in [3.05, 3.63) is 45.9 Å². The molecule has 1 saturated heterocycles. The molecule has 4 heterocycles. The van der Waals surface area contributed by atoms with E-state index in [0.29, 0.717) is 0 Å². The van der Waals surface area contributed by atoms with Crippen molar-refractivity contribution in [2.45, 2.75) is 43.9 Å². The van der Waals surface area contributed by atoms with Crippen molar-refractivity contribution < 1.29 is 36.2 Å². The zero-order valence-electron chi connectivity index (χ0n) is 16.3. The lowest BCUT2D eigenvalue weighted by atomic mass is 9.90. The van der Waals surface area contributed by atoms with Crippen LogP contribution >= 0.6 is 0 Å². The molecule has 0 radical (unpaired) electrons. The zero-order valence-corrected chi connectivity index (χ0v) is 16.3. The van der Waals surface area contributed by atoms with Crippen LogP contribution in [0, 0.1) is 5.92 Å². The second-order valence-corrected chi connectivity index (χ2v) is 7.87. The van der Waals surface area contributed by atoms with Gasteiger partial charge in [-0.3, -0.25) is 14.3 Å². The third kappa shape index (κ3) is 4.10. The number of β-amino-alcohol motifs (C(OH)–C–C–N with tert-alkyl or cyclic N) is 1. The largest absolute Gasteiger partial charge is 0.433 e. The number of nitrogens with zero attached hydrogens (tertiary/aromatic N) is 5. The molecule has 0 aliphatic carbocycles. The van der Waals surface area contributed by atoms with Crippen LogP contribution in [0.5, 0.6) is 0 Å². The van der Waals surface area contributed by atoms with Crippen molar-refractivity contribution in [1.82, 2.24) is 24.2 Å². The van der Waals surface area contributed by atoms with Crippen LogP contribution in [0.2, 0.25) is 0 Å². The fraction of sp³-hybridized carbons (Fsp3) is 0.556. The normalized spacial score (nSPS) is 21.9. The van der Waals surface area contributed by atoms with Gasteiger partial charge in [0.1, 0.15) is 17.6 Å². The van der Waals surface area contributed by atoms with Crippen LogP contribution in [0.25, 0.3) is 0 Å². The quantitative estimate of drug-likeness (QED) is 0.692. The SMILES string of the molecule is O=C(C1CC(C(F)(F)F)Cc2nn(Cc3ccc(C(F)(F)F)nc3)c(=O)n21)N1CC(O)C1. The molecule has 2 unspecified atom stereocenters. The number of fused-ring (bicyclic) bond motifs is 1. The van der Waals surface area contributed by atoms with Gasteiger partial charge in [-0.05, 0) is 18.1 Å². The van der Waals surface area contributed by atoms with E-state index in [9.17, 15) is 41.0 Å². The standard InChI is InChI=1S/C18H17F6N5O3/c19-17(20,21)10-3-12(15(31)27-7-11(30)8-27)29-14(4-10)26-28(16(29)32)6-9-1-2-13(25-5-9)18(22,23)24/h1-2,5,10-12,30H,3-4,6-8H2. The molecule has 0 bridgehead atoms. The molecule has 14 heteroatoms. The summed E-state index contributed by atoms with van der Waals surface area (Å²) in [6.45, 7) is -0.410. The molecule has 174 valence electrons. The second kappa shape index (κ2) is 7.60. The average molecular weight is 465 g/mol. The first-order valence-corrected chi connectivity index (χ1v) is 9.58. The highest BCUT2D eigenvalue weighted by Gasteiger charge is 2.49. The Hall–Kier alpha value is -2.90. The number of hydrogen-bond donors (Lipinski definition) is 1. The molecule has 32 heavy (non-hydrogen) atoms. The van der Waals surface area contributed by atoms with E-state index < -0.39 is 60.5 Å².